The topological polar surface area (TPSA) is 75.3 Å². The molecule has 1 unspecified atom stereocenters. The molecule has 1 aliphatic rings. The molecule has 3 aromatic carbocycles. The van der Waals surface area contributed by atoms with Crippen LogP contribution in [0.25, 0.3) is 17.2 Å². The van der Waals surface area contributed by atoms with E-state index in [0.29, 0.717) is 22.9 Å². The van der Waals surface area contributed by atoms with Crippen molar-refractivity contribution >= 4 is 27.5 Å². The van der Waals surface area contributed by atoms with E-state index in [2.05, 4.69) is 24.5 Å². The van der Waals surface area contributed by atoms with E-state index < -0.39 is 9.84 Å². The van der Waals surface area contributed by atoms with Gasteiger partial charge < -0.3 is 10.6 Å². The third-order valence-electron chi connectivity index (χ3n) is 6.93. The normalized spacial score (nSPS) is 15.3. The maximum absolute atomic E-state index is 13.2. The minimum absolute atomic E-state index is 0.0932. The van der Waals surface area contributed by atoms with Crippen LogP contribution in [0.1, 0.15) is 56.2 Å². The fraction of sp³-hybridized carbons (Fsp3) is 0.323. The van der Waals surface area contributed by atoms with E-state index in [-0.39, 0.29) is 23.0 Å². The molecule has 2 N–H and O–H groups in total. The number of carbonyl (C=O) groups is 1. The lowest BCUT2D eigenvalue weighted by Gasteiger charge is -2.16. The second-order valence-electron chi connectivity index (χ2n) is 9.78. The van der Waals surface area contributed by atoms with Crippen LogP contribution in [0.5, 0.6) is 0 Å². The van der Waals surface area contributed by atoms with Crippen molar-refractivity contribution in [2.24, 2.45) is 0 Å². The molecule has 0 fully saturated rings. The molecule has 37 heavy (non-hydrogen) atoms. The maximum Gasteiger partial charge on any atom is 0.251 e. The predicted molar refractivity (Wildman–Crippen MR) is 152 cm³/mol. The van der Waals surface area contributed by atoms with Gasteiger partial charge in [-0.1, -0.05) is 68.3 Å². The van der Waals surface area contributed by atoms with Gasteiger partial charge in [0.1, 0.15) is 0 Å². The molecule has 0 aromatic heterocycles. The van der Waals surface area contributed by atoms with Gasteiger partial charge in [0, 0.05) is 23.8 Å². The minimum atomic E-state index is -3.49. The van der Waals surface area contributed by atoms with E-state index in [4.69, 9.17) is 0 Å². The van der Waals surface area contributed by atoms with Gasteiger partial charge in [-0.05, 0) is 78.8 Å². The number of hydrogen-bond acceptors (Lipinski definition) is 4. The molecule has 0 spiro atoms. The molecule has 0 saturated heterocycles. The molecule has 3 aromatic rings. The number of aryl methyl sites for hydroxylation is 1. The Kier molecular flexibility index (Phi) is 8.62. The van der Waals surface area contributed by atoms with Crippen molar-refractivity contribution in [3.63, 3.8) is 0 Å². The molecular weight excluding hydrogens is 480 g/mol. The van der Waals surface area contributed by atoms with Crippen LogP contribution < -0.4 is 10.6 Å². The van der Waals surface area contributed by atoms with Crippen LogP contribution in [0.2, 0.25) is 0 Å². The highest BCUT2D eigenvalue weighted by atomic mass is 32.2. The van der Waals surface area contributed by atoms with Gasteiger partial charge in [0.05, 0.1) is 10.6 Å². The van der Waals surface area contributed by atoms with E-state index in [9.17, 15) is 13.2 Å². The Hall–Kier alpha value is -3.22. The quantitative estimate of drug-likeness (QED) is 0.339. The number of sulfone groups is 1. The summed E-state index contributed by atoms with van der Waals surface area (Å²) in [5.41, 5.74) is 5.94. The van der Waals surface area contributed by atoms with E-state index >= 15 is 0 Å². The average Bonchev–Trinajstić information content (AvgIpc) is 3.03. The van der Waals surface area contributed by atoms with Crippen LogP contribution in [-0.4, -0.2) is 26.1 Å². The first kappa shape index (κ1) is 26.8. The van der Waals surface area contributed by atoms with Crippen molar-refractivity contribution in [3.8, 4) is 11.1 Å². The molecule has 1 aliphatic heterocycles. The molecule has 0 radical (unpaired) electrons. The second-order valence-corrected chi connectivity index (χ2v) is 11.9. The van der Waals surface area contributed by atoms with E-state index in [1.165, 1.54) is 0 Å². The number of fused-ring (bicyclic) bond motifs is 1. The maximum atomic E-state index is 13.2. The van der Waals surface area contributed by atoms with Gasteiger partial charge in [-0.25, -0.2) is 8.42 Å². The molecule has 6 heteroatoms. The zero-order valence-electron chi connectivity index (χ0n) is 21.9. The third kappa shape index (κ3) is 6.76. The van der Waals surface area contributed by atoms with E-state index in [0.717, 1.165) is 48.1 Å². The molecule has 5 nitrogen and oxygen atoms in total. The number of anilines is 1. The highest BCUT2D eigenvalue weighted by Gasteiger charge is 2.25. The van der Waals surface area contributed by atoms with E-state index in [1.807, 2.05) is 67.6 Å². The highest BCUT2D eigenvalue weighted by molar-refractivity contribution is 7.91. The summed E-state index contributed by atoms with van der Waals surface area (Å²) in [5.74, 6) is -0.368. The number of benzene rings is 3. The number of carbonyl (C=O) groups excluding carboxylic acids is 1. The summed E-state index contributed by atoms with van der Waals surface area (Å²) in [6, 6.07) is 21.8. The van der Waals surface area contributed by atoms with Crippen molar-refractivity contribution in [2.45, 2.75) is 63.9 Å². The summed E-state index contributed by atoms with van der Waals surface area (Å²) in [6.45, 7) is 7.21. The van der Waals surface area contributed by atoms with E-state index in [1.54, 1.807) is 12.1 Å². The average molecular weight is 517 g/mol. The molecule has 1 amide bonds. The second kappa shape index (κ2) is 11.9. The Balaban J connectivity index is 1.51. The molecular formula is C31H36N2O3S. The highest BCUT2D eigenvalue weighted by Crippen LogP contribution is 2.31. The summed E-state index contributed by atoms with van der Waals surface area (Å²) < 4.78 is 25.9. The number of rotatable bonds is 9. The Morgan fingerprint density at radius 1 is 0.946 bits per heavy atom. The van der Waals surface area contributed by atoms with Crippen molar-refractivity contribution in [1.82, 2.24) is 5.32 Å². The first-order valence-electron chi connectivity index (χ1n) is 13.1. The lowest BCUT2D eigenvalue weighted by atomic mass is 10.0. The lowest BCUT2D eigenvalue weighted by Crippen LogP contribution is -2.27. The zero-order chi connectivity index (χ0) is 26.4. The van der Waals surface area contributed by atoms with Crippen LogP contribution in [0.15, 0.2) is 77.2 Å². The van der Waals surface area contributed by atoms with Gasteiger partial charge in [-0.3, -0.25) is 4.79 Å². The van der Waals surface area contributed by atoms with Crippen LogP contribution in [0, 0.1) is 6.92 Å². The molecule has 0 saturated carbocycles. The summed E-state index contributed by atoms with van der Waals surface area (Å²) in [4.78, 5) is 13.4. The summed E-state index contributed by atoms with van der Waals surface area (Å²) >= 11 is 0. The first-order chi connectivity index (χ1) is 17.8. The lowest BCUT2D eigenvalue weighted by molar-refractivity contribution is -0.112. The van der Waals surface area contributed by atoms with Gasteiger partial charge in [-0.2, -0.15) is 0 Å². The molecule has 4 rings (SSSR count). The number of nitrogens with one attached hydrogen (secondary N) is 2. The van der Waals surface area contributed by atoms with Crippen LogP contribution in [0.4, 0.5) is 5.69 Å². The van der Waals surface area contributed by atoms with Gasteiger partial charge >= 0.3 is 0 Å². The SMILES string of the molecule is CCCC(CC)NCc1ccc(NC(=O)C2=Cc3cc(-c4ccc(C)cc4)ccc3S(=O)(=O)CC2)cc1. The largest absolute Gasteiger partial charge is 0.322 e. The molecule has 1 atom stereocenters. The fourth-order valence-corrected chi connectivity index (χ4v) is 6.10. The predicted octanol–water partition coefficient (Wildman–Crippen LogP) is 6.53. The van der Waals surface area contributed by atoms with Crippen molar-refractivity contribution < 1.29 is 13.2 Å². The minimum Gasteiger partial charge on any atom is -0.322 e. The van der Waals surface area contributed by atoms with Crippen molar-refractivity contribution in [1.29, 1.82) is 0 Å². The Morgan fingerprint density at radius 2 is 1.65 bits per heavy atom. The van der Waals surface area contributed by atoms with Crippen molar-refractivity contribution in [3.05, 3.63) is 89.0 Å². The molecule has 0 aliphatic carbocycles. The monoisotopic (exact) mass is 516 g/mol. The van der Waals surface area contributed by atoms with Crippen LogP contribution >= 0.6 is 0 Å². The van der Waals surface area contributed by atoms with Crippen molar-refractivity contribution in [2.75, 3.05) is 11.1 Å². The van der Waals surface area contributed by atoms with Gasteiger partial charge in [0.25, 0.3) is 5.91 Å². The fourth-order valence-electron chi connectivity index (χ4n) is 4.64. The standard InChI is InChI=1S/C31H36N2O3S/c1-4-6-28(5-2)32-21-23-9-14-29(15-10-23)33-31(34)26-17-18-37(35,36)30-16-13-25(19-27(30)20-26)24-11-7-22(3)8-12-24/h7-16,19-20,28,32H,4-6,17-18,21H2,1-3H3,(H,33,34). The van der Waals surface area contributed by atoms with Gasteiger partial charge in [0.15, 0.2) is 9.84 Å². The van der Waals surface area contributed by atoms with Crippen LogP contribution in [-0.2, 0) is 21.2 Å². The smallest absolute Gasteiger partial charge is 0.251 e. The summed E-state index contributed by atoms with van der Waals surface area (Å²) in [6.07, 6.45) is 5.31. The summed E-state index contributed by atoms with van der Waals surface area (Å²) in [7, 11) is -3.49. The third-order valence-corrected chi connectivity index (χ3v) is 8.71. The molecule has 1 heterocycles. The molecule has 0 bridgehead atoms. The Labute approximate surface area is 220 Å². The Bertz CT molecular complexity index is 1370. The van der Waals surface area contributed by atoms with Gasteiger partial charge in [0.2, 0.25) is 0 Å². The Morgan fingerprint density at radius 3 is 2.32 bits per heavy atom. The number of amides is 1. The van der Waals surface area contributed by atoms with Crippen LogP contribution in [0.3, 0.4) is 0 Å². The molecule has 194 valence electrons. The number of hydrogen-bond donors (Lipinski definition) is 2. The summed E-state index contributed by atoms with van der Waals surface area (Å²) in [5, 5.41) is 6.54. The van der Waals surface area contributed by atoms with Gasteiger partial charge in [-0.15, -0.1) is 0 Å². The zero-order valence-corrected chi connectivity index (χ0v) is 22.7. The first-order valence-corrected chi connectivity index (χ1v) is 14.7.